The lowest BCUT2D eigenvalue weighted by atomic mass is 9.96. The fourth-order valence-electron chi connectivity index (χ4n) is 4.35. The summed E-state index contributed by atoms with van der Waals surface area (Å²) in [6.45, 7) is 3.71. The summed E-state index contributed by atoms with van der Waals surface area (Å²) in [4.78, 5) is 40.0. The van der Waals surface area contributed by atoms with Crippen LogP contribution in [0.1, 0.15) is 29.4 Å². The molecule has 0 saturated heterocycles. The zero-order valence-electron chi connectivity index (χ0n) is 22.0. The quantitative estimate of drug-likeness (QED) is 0.329. The molecule has 1 amide bonds. The van der Waals surface area contributed by atoms with Gasteiger partial charge in [-0.3, -0.25) is 9.59 Å². The van der Waals surface area contributed by atoms with Gasteiger partial charge in [-0.2, -0.15) is 0 Å². The number of anilines is 1. The summed E-state index contributed by atoms with van der Waals surface area (Å²) >= 11 is 0. The number of carbonyl (C=O) groups is 2. The topological polar surface area (TPSA) is 95.9 Å². The van der Waals surface area contributed by atoms with Gasteiger partial charge in [0.15, 0.2) is 6.10 Å². The van der Waals surface area contributed by atoms with Gasteiger partial charge in [0.1, 0.15) is 17.2 Å². The van der Waals surface area contributed by atoms with Crippen LogP contribution in [0.25, 0.3) is 21.9 Å². The Bertz CT molecular complexity index is 1560. The zero-order valence-corrected chi connectivity index (χ0v) is 22.0. The third kappa shape index (κ3) is 5.11. The largest absolute Gasteiger partial charge is 0.497 e. The van der Waals surface area contributed by atoms with Gasteiger partial charge in [-0.05, 0) is 42.5 Å². The highest BCUT2D eigenvalue weighted by atomic mass is 16.5. The smallest absolute Gasteiger partial charge is 0.356 e. The maximum absolute atomic E-state index is 13.7. The Hall–Kier alpha value is -4.59. The number of nitrogens with one attached hydrogen (secondary N) is 1. The standard InChI is InChI=1S/C30H30N2O6/c1-6-24(28(33)31-23-17-20(36-4)15-16-25(23)37-5)38-30(35)27-26(19-13-11-18(2)12-14-19)21-9-7-8-10-22(21)29(34)32(27)3/h7-17,24H,6H2,1-5H3,(H,31,33). The first-order valence-electron chi connectivity index (χ1n) is 12.2. The maximum atomic E-state index is 13.7. The van der Waals surface area contributed by atoms with Gasteiger partial charge in [-0.25, -0.2) is 4.79 Å². The Morgan fingerprint density at radius 3 is 2.26 bits per heavy atom. The van der Waals surface area contributed by atoms with E-state index in [2.05, 4.69) is 5.32 Å². The summed E-state index contributed by atoms with van der Waals surface area (Å²) in [6, 6.07) is 19.8. The first-order chi connectivity index (χ1) is 18.3. The van der Waals surface area contributed by atoms with Gasteiger partial charge in [0.2, 0.25) is 0 Å². The number of carbonyl (C=O) groups excluding carboxylic acids is 2. The Morgan fingerprint density at radius 2 is 1.63 bits per heavy atom. The lowest BCUT2D eigenvalue weighted by Gasteiger charge is -2.21. The molecular formula is C30H30N2O6. The number of ether oxygens (including phenoxy) is 3. The van der Waals surface area contributed by atoms with Crippen LogP contribution in [0.15, 0.2) is 71.5 Å². The van der Waals surface area contributed by atoms with Gasteiger partial charge in [0, 0.05) is 24.1 Å². The van der Waals surface area contributed by atoms with E-state index in [0.29, 0.717) is 33.5 Å². The number of rotatable bonds is 8. The number of aryl methyl sites for hydroxylation is 1. The molecule has 0 fully saturated rings. The van der Waals surface area contributed by atoms with Crippen molar-refractivity contribution in [1.29, 1.82) is 0 Å². The minimum Gasteiger partial charge on any atom is -0.497 e. The van der Waals surface area contributed by atoms with Crippen LogP contribution in [0, 0.1) is 6.92 Å². The highest BCUT2D eigenvalue weighted by Gasteiger charge is 2.28. The second-order valence-electron chi connectivity index (χ2n) is 8.86. The van der Waals surface area contributed by atoms with Crippen LogP contribution in [0.5, 0.6) is 11.5 Å². The Kier molecular flexibility index (Phi) is 7.81. The number of fused-ring (bicyclic) bond motifs is 1. The molecule has 0 aliphatic carbocycles. The third-order valence-electron chi connectivity index (χ3n) is 6.41. The van der Waals surface area contributed by atoms with E-state index >= 15 is 0 Å². The van der Waals surface area contributed by atoms with E-state index in [1.54, 1.807) is 37.3 Å². The molecule has 0 bridgehead atoms. The minimum absolute atomic E-state index is 0.0720. The molecule has 4 rings (SSSR count). The average Bonchev–Trinajstić information content (AvgIpc) is 2.93. The van der Waals surface area contributed by atoms with E-state index < -0.39 is 18.0 Å². The molecule has 196 valence electrons. The lowest BCUT2D eigenvalue weighted by Crippen LogP contribution is -2.34. The van der Waals surface area contributed by atoms with Crippen LogP contribution in [0.4, 0.5) is 5.69 Å². The number of hydrogen-bond donors (Lipinski definition) is 1. The zero-order chi connectivity index (χ0) is 27.4. The third-order valence-corrected chi connectivity index (χ3v) is 6.41. The van der Waals surface area contributed by atoms with Crippen molar-refractivity contribution in [3.63, 3.8) is 0 Å². The number of nitrogens with zero attached hydrogens (tertiary/aromatic N) is 1. The van der Waals surface area contributed by atoms with Crippen molar-refractivity contribution >= 4 is 28.3 Å². The molecule has 3 aromatic carbocycles. The first kappa shape index (κ1) is 26.5. The summed E-state index contributed by atoms with van der Waals surface area (Å²) in [5, 5.41) is 3.88. The van der Waals surface area contributed by atoms with Gasteiger partial charge < -0.3 is 24.1 Å². The number of amides is 1. The molecule has 1 unspecified atom stereocenters. The van der Waals surface area contributed by atoms with Gasteiger partial charge in [-0.1, -0.05) is 55.0 Å². The predicted molar refractivity (Wildman–Crippen MR) is 147 cm³/mol. The molecule has 38 heavy (non-hydrogen) atoms. The van der Waals surface area contributed by atoms with Crippen LogP contribution in [-0.2, 0) is 16.6 Å². The number of benzene rings is 3. The Labute approximate surface area is 220 Å². The van der Waals surface area contributed by atoms with E-state index in [1.807, 2.05) is 43.3 Å². The van der Waals surface area contributed by atoms with Gasteiger partial charge in [0.05, 0.1) is 19.9 Å². The molecule has 0 aliphatic heterocycles. The van der Waals surface area contributed by atoms with Crippen LogP contribution < -0.4 is 20.3 Å². The van der Waals surface area contributed by atoms with E-state index in [0.717, 1.165) is 11.1 Å². The number of aromatic nitrogens is 1. The molecule has 0 spiro atoms. The lowest BCUT2D eigenvalue weighted by molar-refractivity contribution is -0.124. The number of esters is 1. The summed E-state index contributed by atoms with van der Waals surface area (Å²) in [7, 11) is 4.54. The monoisotopic (exact) mass is 514 g/mol. The molecule has 4 aromatic rings. The minimum atomic E-state index is -1.12. The van der Waals surface area contributed by atoms with Crippen LogP contribution in [0.3, 0.4) is 0 Å². The molecule has 1 atom stereocenters. The molecular weight excluding hydrogens is 484 g/mol. The summed E-state index contributed by atoms with van der Waals surface area (Å²) in [5.74, 6) is -0.348. The van der Waals surface area contributed by atoms with Crippen molar-refractivity contribution in [3.05, 3.63) is 88.3 Å². The average molecular weight is 515 g/mol. The van der Waals surface area contributed by atoms with Gasteiger partial charge >= 0.3 is 5.97 Å². The fraction of sp³-hybridized carbons (Fsp3) is 0.233. The van der Waals surface area contributed by atoms with Crippen molar-refractivity contribution < 1.29 is 23.8 Å². The molecule has 8 nitrogen and oxygen atoms in total. The predicted octanol–water partition coefficient (Wildman–Crippen LogP) is 5.11. The van der Waals surface area contributed by atoms with Crippen LogP contribution in [-0.4, -0.2) is 36.8 Å². The van der Waals surface area contributed by atoms with E-state index in [9.17, 15) is 14.4 Å². The second-order valence-corrected chi connectivity index (χ2v) is 8.86. The molecule has 8 heteroatoms. The van der Waals surface area contributed by atoms with E-state index in [4.69, 9.17) is 14.2 Å². The molecule has 1 N–H and O–H groups in total. The number of pyridine rings is 1. The van der Waals surface area contributed by atoms with Crippen molar-refractivity contribution in [2.45, 2.75) is 26.4 Å². The number of methoxy groups -OCH3 is 2. The highest BCUT2D eigenvalue weighted by Crippen LogP contribution is 2.32. The van der Waals surface area contributed by atoms with Crippen molar-refractivity contribution in [1.82, 2.24) is 4.57 Å². The summed E-state index contributed by atoms with van der Waals surface area (Å²) < 4.78 is 17.6. The fourth-order valence-corrected chi connectivity index (χ4v) is 4.35. The summed E-state index contributed by atoms with van der Waals surface area (Å²) in [6.07, 6.45) is -0.906. The normalized spacial score (nSPS) is 11.6. The van der Waals surface area contributed by atoms with Crippen LogP contribution >= 0.6 is 0 Å². The van der Waals surface area contributed by atoms with Crippen molar-refractivity contribution in [2.75, 3.05) is 19.5 Å². The molecule has 0 saturated carbocycles. The van der Waals surface area contributed by atoms with Crippen LogP contribution in [0.2, 0.25) is 0 Å². The SMILES string of the molecule is CCC(OC(=O)c1c(-c2ccc(C)cc2)c2ccccc2c(=O)n1C)C(=O)Nc1cc(OC)ccc1OC. The second kappa shape index (κ2) is 11.2. The molecule has 1 aromatic heterocycles. The maximum Gasteiger partial charge on any atom is 0.356 e. The number of hydrogen-bond acceptors (Lipinski definition) is 6. The van der Waals surface area contributed by atoms with Gasteiger partial charge in [-0.15, -0.1) is 0 Å². The molecule has 0 aliphatic rings. The van der Waals surface area contributed by atoms with Crippen molar-refractivity contribution in [3.8, 4) is 22.6 Å². The first-order valence-corrected chi connectivity index (χ1v) is 12.2. The van der Waals surface area contributed by atoms with E-state index in [-0.39, 0.29) is 17.7 Å². The van der Waals surface area contributed by atoms with E-state index in [1.165, 1.54) is 25.8 Å². The molecule has 0 radical (unpaired) electrons. The van der Waals surface area contributed by atoms with Crippen molar-refractivity contribution in [2.24, 2.45) is 7.05 Å². The Balaban J connectivity index is 1.74. The highest BCUT2D eigenvalue weighted by molar-refractivity contribution is 6.07. The van der Waals surface area contributed by atoms with Gasteiger partial charge in [0.25, 0.3) is 11.5 Å². The Morgan fingerprint density at radius 1 is 0.947 bits per heavy atom. The summed E-state index contributed by atoms with van der Waals surface area (Å²) in [5.41, 5.74) is 2.50. The molecule has 1 heterocycles.